The van der Waals surface area contributed by atoms with Gasteiger partial charge in [-0.15, -0.1) is 0 Å². The molecule has 44 heavy (non-hydrogen) atoms. The van der Waals surface area contributed by atoms with Crippen LogP contribution < -0.4 is 5.32 Å². The van der Waals surface area contributed by atoms with Gasteiger partial charge in [-0.2, -0.15) is 0 Å². The van der Waals surface area contributed by atoms with Gasteiger partial charge in [0.25, 0.3) is 0 Å². The van der Waals surface area contributed by atoms with E-state index in [9.17, 15) is 18.9 Å². The third-order valence-electron chi connectivity index (χ3n) is 6.91. The van der Waals surface area contributed by atoms with Crippen molar-refractivity contribution in [3.8, 4) is 0 Å². The van der Waals surface area contributed by atoms with Gasteiger partial charge >= 0.3 is 19.5 Å². The van der Waals surface area contributed by atoms with Gasteiger partial charge < -0.3 is 33.3 Å². The lowest BCUT2D eigenvalue weighted by Crippen LogP contribution is -2.31. The Bertz CT molecular complexity index is 767. The maximum atomic E-state index is 12.6. The molecule has 0 bridgehead atoms. The predicted molar refractivity (Wildman–Crippen MR) is 172 cm³/mol. The number of amides is 1. The highest BCUT2D eigenvalue weighted by Gasteiger charge is 2.23. The molecule has 12 heteroatoms. The molecule has 0 aliphatic carbocycles. The lowest BCUT2D eigenvalue weighted by molar-refractivity contribution is -0.160. The van der Waals surface area contributed by atoms with Crippen molar-refractivity contribution in [3.05, 3.63) is 0 Å². The smallest absolute Gasteiger partial charge is 0.327 e. The van der Waals surface area contributed by atoms with Gasteiger partial charge in [0.05, 0.1) is 26.4 Å². The highest BCUT2D eigenvalue weighted by atomic mass is 31.2. The van der Waals surface area contributed by atoms with Crippen molar-refractivity contribution >= 4 is 25.4 Å². The highest BCUT2D eigenvalue weighted by Crippen LogP contribution is 2.43. The molecule has 260 valence electrons. The lowest BCUT2D eigenvalue weighted by atomic mass is 10.0. The van der Waals surface area contributed by atoms with Gasteiger partial charge in [-0.05, 0) is 6.42 Å². The van der Waals surface area contributed by atoms with E-state index in [0.717, 1.165) is 19.3 Å². The van der Waals surface area contributed by atoms with Crippen LogP contribution >= 0.6 is 7.60 Å². The quantitative estimate of drug-likeness (QED) is 0.0473. The minimum Gasteiger partial charge on any atom is -0.462 e. The molecule has 0 aromatic rings. The van der Waals surface area contributed by atoms with Crippen LogP contribution in [0.2, 0.25) is 0 Å². The summed E-state index contributed by atoms with van der Waals surface area (Å²) in [7, 11) is -1.97. The van der Waals surface area contributed by atoms with Crippen LogP contribution in [0.3, 0.4) is 0 Å². The first-order chi connectivity index (χ1) is 21.2. The molecule has 0 aromatic carbocycles. The third-order valence-corrected chi connectivity index (χ3v) is 8.18. The molecule has 0 heterocycles. The Balaban J connectivity index is 4.03. The number of hydrogen-bond donors (Lipinski definition) is 1. The Morgan fingerprint density at radius 1 is 0.705 bits per heavy atom. The summed E-state index contributed by atoms with van der Waals surface area (Å²) in [5.41, 5.74) is 0. The predicted octanol–water partition coefficient (Wildman–Crippen LogP) is 6.75. The Labute approximate surface area is 266 Å². The molecule has 0 aromatic heterocycles. The van der Waals surface area contributed by atoms with E-state index >= 15 is 0 Å². The van der Waals surface area contributed by atoms with Crippen molar-refractivity contribution < 1.29 is 46.9 Å². The minimum absolute atomic E-state index is 0.0504. The molecule has 0 saturated heterocycles. The van der Waals surface area contributed by atoms with Gasteiger partial charge in [-0.1, -0.05) is 104 Å². The SMILES string of the molecule is CCCCCCCCCCCCCCCCCC(=O)OCC(COP(C)(=O)OCCNC(=O)COCCOC)OC(=O)CC. The van der Waals surface area contributed by atoms with Crippen molar-refractivity contribution in [2.75, 3.05) is 60.0 Å². The van der Waals surface area contributed by atoms with Crippen molar-refractivity contribution in [1.82, 2.24) is 5.32 Å². The summed E-state index contributed by atoms with van der Waals surface area (Å²) < 4.78 is 43.8. The first-order valence-electron chi connectivity index (χ1n) is 16.8. The zero-order chi connectivity index (χ0) is 32.7. The fourth-order valence-corrected chi connectivity index (χ4v) is 5.23. The minimum atomic E-state index is -3.51. The second-order valence-electron chi connectivity index (χ2n) is 11.1. The molecule has 11 nitrogen and oxygen atoms in total. The summed E-state index contributed by atoms with van der Waals surface area (Å²) in [6, 6.07) is 0. The van der Waals surface area contributed by atoms with E-state index < -0.39 is 19.7 Å². The Morgan fingerprint density at radius 2 is 1.27 bits per heavy atom. The van der Waals surface area contributed by atoms with Crippen molar-refractivity contribution in [3.63, 3.8) is 0 Å². The number of esters is 2. The number of methoxy groups -OCH3 is 1. The zero-order valence-corrected chi connectivity index (χ0v) is 29.0. The van der Waals surface area contributed by atoms with Crippen molar-refractivity contribution in [2.24, 2.45) is 0 Å². The van der Waals surface area contributed by atoms with Crippen LogP contribution in [0.4, 0.5) is 0 Å². The summed E-state index contributed by atoms with van der Waals surface area (Å²) in [5, 5.41) is 2.58. The number of unbranched alkanes of at least 4 members (excludes halogenated alkanes) is 14. The van der Waals surface area contributed by atoms with Crippen LogP contribution in [0, 0.1) is 0 Å². The van der Waals surface area contributed by atoms with E-state index in [4.69, 9.17) is 28.0 Å². The maximum Gasteiger partial charge on any atom is 0.327 e. The standard InChI is InChI=1S/C32H62NO10P/c1-5-7-8-9-10-11-12-13-14-15-16-17-18-19-20-21-32(36)40-26-29(43-31(35)6-2)27-42-44(4,37)41-23-22-33-30(34)28-39-25-24-38-3/h29H,5-28H2,1-4H3,(H,33,34). The molecule has 0 aliphatic rings. The van der Waals surface area contributed by atoms with E-state index in [1.807, 2.05) is 0 Å². The van der Waals surface area contributed by atoms with Gasteiger partial charge in [-0.25, -0.2) is 0 Å². The monoisotopic (exact) mass is 651 g/mol. The van der Waals surface area contributed by atoms with E-state index in [2.05, 4.69) is 12.2 Å². The summed E-state index contributed by atoms with van der Waals surface area (Å²) >= 11 is 0. The number of hydrogen-bond acceptors (Lipinski definition) is 10. The molecule has 0 spiro atoms. The first kappa shape index (κ1) is 42.5. The lowest BCUT2D eigenvalue weighted by Gasteiger charge is -2.20. The zero-order valence-electron chi connectivity index (χ0n) is 28.1. The maximum absolute atomic E-state index is 12.6. The largest absolute Gasteiger partial charge is 0.462 e. The summed E-state index contributed by atoms with van der Waals surface area (Å²) in [4.78, 5) is 35.7. The Kier molecular flexibility index (Phi) is 29.1. The number of nitrogens with one attached hydrogen (secondary N) is 1. The molecular formula is C32H62NO10P. The van der Waals surface area contributed by atoms with Gasteiger partial charge in [-0.3, -0.25) is 18.9 Å². The van der Waals surface area contributed by atoms with Crippen LogP contribution in [0.1, 0.15) is 123 Å². The van der Waals surface area contributed by atoms with Gasteiger partial charge in [0.1, 0.15) is 13.2 Å². The summed E-state index contributed by atoms with van der Waals surface area (Å²) in [6.07, 6.45) is 18.3. The second kappa shape index (κ2) is 30.2. The van der Waals surface area contributed by atoms with E-state index in [-0.39, 0.29) is 51.3 Å². The molecule has 1 amide bonds. The van der Waals surface area contributed by atoms with Crippen molar-refractivity contribution in [2.45, 2.75) is 129 Å². The van der Waals surface area contributed by atoms with Gasteiger partial charge in [0.2, 0.25) is 5.91 Å². The van der Waals surface area contributed by atoms with Crippen molar-refractivity contribution in [1.29, 1.82) is 0 Å². The molecule has 0 fully saturated rings. The average molecular weight is 652 g/mol. The molecule has 0 saturated carbocycles. The normalized spacial score (nSPS) is 13.3. The highest BCUT2D eigenvalue weighted by molar-refractivity contribution is 7.52. The Hall–Kier alpha value is -1.52. The average Bonchev–Trinajstić information content (AvgIpc) is 3.00. The van der Waals surface area contributed by atoms with Gasteiger partial charge in [0.15, 0.2) is 6.10 Å². The number of carbonyl (C=O) groups is 3. The number of rotatable bonds is 32. The molecule has 2 unspecified atom stereocenters. The van der Waals surface area contributed by atoms with Crippen LogP contribution in [0.5, 0.6) is 0 Å². The van der Waals surface area contributed by atoms with Gasteiger partial charge in [0, 0.05) is 33.2 Å². The summed E-state index contributed by atoms with van der Waals surface area (Å²) in [5.74, 6) is -1.19. The fraction of sp³-hybridized carbons (Fsp3) is 0.906. The Morgan fingerprint density at radius 3 is 1.82 bits per heavy atom. The van der Waals surface area contributed by atoms with Crippen LogP contribution in [-0.4, -0.2) is 83.9 Å². The first-order valence-corrected chi connectivity index (χ1v) is 18.8. The third kappa shape index (κ3) is 29.2. The second-order valence-corrected chi connectivity index (χ2v) is 13.2. The molecule has 0 aliphatic heterocycles. The van der Waals surface area contributed by atoms with Crippen LogP contribution in [0.25, 0.3) is 0 Å². The summed E-state index contributed by atoms with van der Waals surface area (Å²) in [6.45, 7) is 5.36. The molecule has 2 atom stereocenters. The number of ether oxygens (including phenoxy) is 4. The van der Waals surface area contributed by atoms with Crippen LogP contribution in [-0.2, 0) is 46.9 Å². The molecule has 0 rings (SSSR count). The fourth-order valence-electron chi connectivity index (χ4n) is 4.30. The van der Waals surface area contributed by atoms with E-state index in [1.165, 1.54) is 90.8 Å². The van der Waals surface area contributed by atoms with Crippen LogP contribution in [0.15, 0.2) is 0 Å². The van der Waals surface area contributed by atoms with E-state index in [0.29, 0.717) is 19.6 Å². The number of carbonyl (C=O) groups excluding carboxylic acids is 3. The molecule has 1 N–H and O–H groups in total. The molecule has 0 radical (unpaired) electrons. The topological polar surface area (TPSA) is 136 Å². The molecular weight excluding hydrogens is 589 g/mol. The van der Waals surface area contributed by atoms with E-state index in [1.54, 1.807) is 6.92 Å².